The van der Waals surface area contributed by atoms with Crippen molar-refractivity contribution in [3.8, 4) is 11.5 Å². The van der Waals surface area contributed by atoms with Crippen LogP contribution in [-0.4, -0.2) is 43.7 Å². The molecular weight excluding hydrogens is 302 g/mol. The number of benzene rings is 1. The van der Waals surface area contributed by atoms with Crippen molar-refractivity contribution in [1.29, 1.82) is 0 Å². The summed E-state index contributed by atoms with van der Waals surface area (Å²) in [6.07, 6.45) is -0.746. The number of methoxy groups -OCH3 is 2. The Kier molecular flexibility index (Phi) is 6.42. The Bertz CT molecular complexity index is 387. The molecule has 3 N–H and O–H groups in total. The molecule has 0 saturated carbocycles. The van der Waals surface area contributed by atoms with Crippen LogP contribution in [0.15, 0.2) is 16.6 Å². The Labute approximate surface area is 115 Å². The third kappa shape index (κ3) is 4.13. The molecule has 0 spiro atoms. The van der Waals surface area contributed by atoms with Gasteiger partial charge in [-0.15, -0.1) is 0 Å². The average Bonchev–Trinajstić information content (AvgIpc) is 2.39. The van der Waals surface area contributed by atoms with E-state index in [0.717, 1.165) is 10.0 Å². The van der Waals surface area contributed by atoms with Crippen LogP contribution in [0.1, 0.15) is 5.56 Å². The van der Waals surface area contributed by atoms with E-state index in [1.165, 1.54) is 0 Å². The van der Waals surface area contributed by atoms with Crippen molar-refractivity contribution in [2.75, 3.05) is 27.4 Å². The first-order chi connectivity index (χ1) is 8.62. The predicted molar refractivity (Wildman–Crippen MR) is 72.0 cm³/mol. The van der Waals surface area contributed by atoms with Crippen molar-refractivity contribution in [3.63, 3.8) is 0 Å². The molecule has 1 aromatic rings. The molecule has 0 aromatic heterocycles. The van der Waals surface area contributed by atoms with Gasteiger partial charge in [0, 0.05) is 17.6 Å². The molecule has 1 rings (SSSR count). The van der Waals surface area contributed by atoms with Crippen molar-refractivity contribution in [2.24, 2.45) is 0 Å². The standard InChI is InChI=1S/C12H18BrNO4/c1-17-11-3-8(5-14-6-9(16)7-15)10(13)4-12(11)18-2/h3-4,9,14-16H,5-7H2,1-2H3. The van der Waals surface area contributed by atoms with Crippen LogP contribution >= 0.6 is 15.9 Å². The van der Waals surface area contributed by atoms with Gasteiger partial charge in [-0.05, 0) is 17.7 Å². The topological polar surface area (TPSA) is 71.0 Å². The van der Waals surface area contributed by atoms with Gasteiger partial charge in [0.25, 0.3) is 0 Å². The first-order valence-corrected chi connectivity index (χ1v) is 6.31. The molecule has 6 heteroatoms. The summed E-state index contributed by atoms with van der Waals surface area (Å²) in [7, 11) is 3.16. The van der Waals surface area contributed by atoms with Crippen LogP contribution in [0.5, 0.6) is 11.5 Å². The monoisotopic (exact) mass is 319 g/mol. The molecule has 5 nitrogen and oxygen atoms in total. The number of aliphatic hydroxyl groups excluding tert-OH is 2. The van der Waals surface area contributed by atoms with E-state index in [-0.39, 0.29) is 6.61 Å². The van der Waals surface area contributed by atoms with Gasteiger partial charge in [-0.2, -0.15) is 0 Å². The van der Waals surface area contributed by atoms with E-state index in [4.69, 9.17) is 14.6 Å². The molecule has 1 atom stereocenters. The number of aliphatic hydroxyl groups is 2. The minimum Gasteiger partial charge on any atom is -0.493 e. The summed E-state index contributed by atoms with van der Waals surface area (Å²) in [5.74, 6) is 1.31. The van der Waals surface area contributed by atoms with Crippen LogP contribution < -0.4 is 14.8 Å². The molecule has 0 aliphatic heterocycles. The lowest BCUT2D eigenvalue weighted by Gasteiger charge is -2.13. The van der Waals surface area contributed by atoms with Crippen molar-refractivity contribution < 1.29 is 19.7 Å². The maximum Gasteiger partial charge on any atom is 0.161 e. The van der Waals surface area contributed by atoms with Crippen molar-refractivity contribution >= 4 is 15.9 Å². The largest absolute Gasteiger partial charge is 0.493 e. The fraction of sp³-hybridized carbons (Fsp3) is 0.500. The van der Waals surface area contributed by atoms with Gasteiger partial charge >= 0.3 is 0 Å². The number of hydrogen-bond donors (Lipinski definition) is 3. The molecule has 1 unspecified atom stereocenters. The van der Waals surface area contributed by atoms with Gasteiger partial charge in [0.2, 0.25) is 0 Å². The molecule has 0 bridgehead atoms. The third-order valence-electron chi connectivity index (χ3n) is 2.46. The Balaban J connectivity index is 2.71. The first-order valence-electron chi connectivity index (χ1n) is 5.52. The van der Waals surface area contributed by atoms with Crippen LogP contribution in [0.2, 0.25) is 0 Å². The van der Waals surface area contributed by atoms with Gasteiger partial charge in [-0.25, -0.2) is 0 Å². The van der Waals surface area contributed by atoms with Gasteiger partial charge < -0.3 is 25.0 Å². The van der Waals surface area contributed by atoms with E-state index in [0.29, 0.717) is 24.6 Å². The van der Waals surface area contributed by atoms with Crippen LogP contribution in [-0.2, 0) is 6.54 Å². The normalized spacial score (nSPS) is 12.3. The van der Waals surface area contributed by atoms with Gasteiger partial charge in [0.15, 0.2) is 11.5 Å². The highest BCUT2D eigenvalue weighted by molar-refractivity contribution is 9.10. The van der Waals surface area contributed by atoms with Crippen LogP contribution in [0.25, 0.3) is 0 Å². The second kappa shape index (κ2) is 7.58. The van der Waals surface area contributed by atoms with E-state index in [1.807, 2.05) is 12.1 Å². The number of hydrogen-bond acceptors (Lipinski definition) is 5. The lowest BCUT2D eigenvalue weighted by molar-refractivity contribution is 0.0942. The molecule has 1 aromatic carbocycles. The van der Waals surface area contributed by atoms with Crippen molar-refractivity contribution in [2.45, 2.75) is 12.6 Å². The smallest absolute Gasteiger partial charge is 0.161 e. The molecule has 0 fully saturated rings. The quantitative estimate of drug-likeness (QED) is 0.697. The van der Waals surface area contributed by atoms with Crippen molar-refractivity contribution in [1.82, 2.24) is 5.32 Å². The zero-order valence-electron chi connectivity index (χ0n) is 10.4. The fourth-order valence-electron chi connectivity index (χ4n) is 1.47. The van der Waals surface area contributed by atoms with E-state index < -0.39 is 6.10 Å². The van der Waals surface area contributed by atoms with Crippen LogP contribution in [0.3, 0.4) is 0 Å². The van der Waals surface area contributed by atoms with Crippen LogP contribution in [0.4, 0.5) is 0 Å². The SMILES string of the molecule is COc1cc(Br)c(CNCC(O)CO)cc1OC. The highest BCUT2D eigenvalue weighted by Crippen LogP contribution is 2.33. The minimum atomic E-state index is -0.746. The summed E-state index contributed by atoms with van der Waals surface area (Å²) in [6.45, 7) is 0.634. The molecule has 0 amide bonds. The maximum absolute atomic E-state index is 9.22. The molecule has 0 saturated heterocycles. The van der Waals surface area contributed by atoms with Crippen molar-refractivity contribution in [3.05, 3.63) is 22.2 Å². The summed E-state index contributed by atoms with van der Waals surface area (Å²) in [6, 6.07) is 3.69. The highest BCUT2D eigenvalue weighted by atomic mass is 79.9. The molecule has 18 heavy (non-hydrogen) atoms. The van der Waals surface area contributed by atoms with Crippen LogP contribution in [0, 0.1) is 0 Å². The Hall–Kier alpha value is -0.820. The molecule has 0 aliphatic rings. The number of nitrogens with one attached hydrogen (secondary N) is 1. The molecule has 0 heterocycles. The zero-order valence-corrected chi connectivity index (χ0v) is 12.0. The van der Waals surface area contributed by atoms with Gasteiger partial charge in [-0.3, -0.25) is 0 Å². The average molecular weight is 320 g/mol. The first kappa shape index (κ1) is 15.2. The summed E-state index contributed by atoms with van der Waals surface area (Å²) < 4.78 is 11.3. The predicted octanol–water partition coefficient (Wildman–Crippen LogP) is 0.909. The van der Waals surface area contributed by atoms with E-state index in [2.05, 4.69) is 21.2 Å². The Morgan fingerprint density at radius 3 is 2.44 bits per heavy atom. The maximum atomic E-state index is 9.22. The van der Waals surface area contributed by atoms with E-state index in [9.17, 15) is 5.11 Å². The zero-order chi connectivity index (χ0) is 13.5. The Morgan fingerprint density at radius 2 is 1.89 bits per heavy atom. The van der Waals surface area contributed by atoms with E-state index >= 15 is 0 Å². The summed E-state index contributed by atoms with van der Waals surface area (Å²) in [4.78, 5) is 0. The van der Waals surface area contributed by atoms with Gasteiger partial charge in [-0.1, -0.05) is 15.9 Å². The second-order valence-electron chi connectivity index (χ2n) is 3.77. The lowest BCUT2D eigenvalue weighted by Crippen LogP contribution is -2.29. The lowest BCUT2D eigenvalue weighted by atomic mass is 10.2. The molecule has 0 radical (unpaired) electrons. The molecule has 102 valence electrons. The van der Waals surface area contributed by atoms with Gasteiger partial charge in [0.05, 0.1) is 26.9 Å². The minimum absolute atomic E-state index is 0.250. The second-order valence-corrected chi connectivity index (χ2v) is 4.62. The third-order valence-corrected chi connectivity index (χ3v) is 3.20. The molecule has 0 aliphatic carbocycles. The number of rotatable bonds is 7. The fourth-order valence-corrected chi connectivity index (χ4v) is 1.93. The number of halogens is 1. The molecular formula is C12H18BrNO4. The van der Waals surface area contributed by atoms with Gasteiger partial charge in [0.1, 0.15) is 0 Å². The number of ether oxygens (including phenoxy) is 2. The summed E-state index contributed by atoms with van der Waals surface area (Å²) >= 11 is 3.45. The highest BCUT2D eigenvalue weighted by Gasteiger charge is 2.09. The summed E-state index contributed by atoms with van der Waals surface area (Å²) in [5.41, 5.74) is 0.984. The Morgan fingerprint density at radius 1 is 1.28 bits per heavy atom. The summed E-state index contributed by atoms with van der Waals surface area (Å²) in [5, 5.41) is 21.0. The van der Waals surface area contributed by atoms with E-state index in [1.54, 1.807) is 14.2 Å².